The summed E-state index contributed by atoms with van der Waals surface area (Å²) < 4.78 is 17.2. The van der Waals surface area contributed by atoms with Crippen LogP contribution in [0.1, 0.15) is 18.6 Å². The van der Waals surface area contributed by atoms with Crippen LogP contribution in [0.2, 0.25) is 5.02 Å². The first-order chi connectivity index (χ1) is 17.7. The van der Waals surface area contributed by atoms with E-state index in [0.29, 0.717) is 34.7 Å². The lowest BCUT2D eigenvalue weighted by molar-refractivity contribution is 0.127. The normalized spacial score (nSPS) is 14.9. The van der Waals surface area contributed by atoms with Crippen LogP contribution in [0.5, 0.6) is 5.88 Å². The average molecular weight is 502 g/mol. The van der Waals surface area contributed by atoms with E-state index in [2.05, 4.69) is 25.4 Å². The highest BCUT2D eigenvalue weighted by atomic mass is 35.5. The summed E-state index contributed by atoms with van der Waals surface area (Å²) in [5, 5.41) is 18.1. The maximum atomic E-state index is 6.29. The van der Waals surface area contributed by atoms with Crippen molar-refractivity contribution in [2.24, 2.45) is 5.92 Å². The standard InChI is InChI=1S/C27H24ClN5O3/c28-22-9-5-4-8-21(22)23-14-20(35-31-23)16-33-12-10-18(11-13-33)17-34-27-25-24(15-29-30-27)36-32-26(25)19-6-2-1-3-7-19/h1-9,14-15,18H,10-13,16-17H2. The van der Waals surface area contributed by atoms with Crippen LogP contribution >= 0.6 is 11.6 Å². The number of ether oxygens (including phenoxy) is 1. The fraction of sp³-hybridized carbons (Fsp3) is 0.259. The molecular formula is C27H24ClN5O3. The van der Waals surface area contributed by atoms with E-state index in [1.165, 1.54) is 0 Å². The molecule has 0 radical (unpaired) electrons. The fourth-order valence-electron chi connectivity index (χ4n) is 4.59. The molecule has 0 saturated carbocycles. The Labute approximate surface area is 212 Å². The van der Waals surface area contributed by atoms with Crippen molar-refractivity contribution < 1.29 is 13.8 Å². The van der Waals surface area contributed by atoms with E-state index in [4.69, 9.17) is 25.4 Å². The predicted molar refractivity (Wildman–Crippen MR) is 135 cm³/mol. The molecule has 0 atom stereocenters. The molecule has 9 heteroatoms. The summed E-state index contributed by atoms with van der Waals surface area (Å²) in [4.78, 5) is 2.38. The Morgan fingerprint density at radius 3 is 2.61 bits per heavy atom. The van der Waals surface area contributed by atoms with E-state index in [0.717, 1.165) is 60.4 Å². The number of aromatic nitrogens is 4. The highest BCUT2D eigenvalue weighted by Gasteiger charge is 2.23. The van der Waals surface area contributed by atoms with Crippen LogP contribution in [0.3, 0.4) is 0 Å². The monoisotopic (exact) mass is 501 g/mol. The number of rotatable bonds is 7. The largest absolute Gasteiger partial charge is 0.476 e. The van der Waals surface area contributed by atoms with Crippen molar-refractivity contribution in [3.63, 3.8) is 0 Å². The molecule has 5 aromatic rings. The van der Waals surface area contributed by atoms with Crippen LogP contribution in [-0.2, 0) is 6.54 Å². The minimum atomic E-state index is 0.423. The zero-order valence-corrected chi connectivity index (χ0v) is 20.3. The molecule has 6 rings (SSSR count). The Morgan fingerprint density at radius 2 is 1.78 bits per heavy atom. The van der Waals surface area contributed by atoms with Crippen LogP contribution in [0.25, 0.3) is 33.5 Å². The van der Waals surface area contributed by atoms with E-state index in [1.807, 2.05) is 60.7 Å². The molecule has 1 aliphatic rings. The van der Waals surface area contributed by atoms with Crippen molar-refractivity contribution in [3.05, 3.63) is 77.6 Å². The van der Waals surface area contributed by atoms with E-state index in [9.17, 15) is 0 Å². The molecule has 0 amide bonds. The molecule has 4 heterocycles. The van der Waals surface area contributed by atoms with Crippen molar-refractivity contribution in [1.29, 1.82) is 0 Å². The van der Waals surface area contributed by atoms with Crippen LogP contribution in [0.4, 0.5) is 0 Å². The van der Waals surface area contributed by atoms with E-state index in [1.54, 1.807) is 6.20 Å². The Hall–Kier alpha value is -3.75. The third-order valence-electron chi connectivity index (χ3n) is 6.55. The number of nitrogens with zero attached hydrogens (tertiary/aromatic N) is 5. The minimum Gasteiger partial charge on any atom is -0.476 e. The summed E-state index contributed by atoms with van der Waals surface area (Å²) in [6.07, 6.45) is 3.61. The quantitative estimate of drug-likeness (QED) is 0.273. The highest BCUT2D eigenvalue weighted by Crippen LogP contribution is 2.33. The van der Waals surface area contributed by atoms with Crippen molar-refractivity contribution in [2.75, 3.05) is 19.7 Å². The SMILES string of the molecule is Clc1ccccc1-c1cc(CN2CCC(COc3nncc4onc(-c5ccccc5)c34)CC2)on1. The van der Waals surface area contributed by atoms with Gasteiger partial charge in [-0.25, -0.2) is 0 Å². The molecule has 0 bridgehead atoms. The van der Waals surface area contributed by atoms with Gasteiger partial charge >= 0.3 is 0 Å². The first-order valence-electron chi connectivity index (χ1n) is 12.0. The topological polar surface area (TPSA) is 90.3 Å². The van der Waals surface area contributed by atoms with Crippen LogP contribution in [0.15, 0.2) is 75.9 Å². The number of hydrogen-bond donors (Lipinski definition) is 0. The van der Waals surface area contributed by atoms with Gasteiger partial charge in [0.05, 0.1) is 24.4 Å². The summed E-state index contributed by atoms with van der Waals surface area (Å²) in [5.74, 6) is 1.72. The second-order valence-electron chi connectivity index (χ2n) is 8.98. The molecule has 36 heavy (non-hydrogen) atoms. The first-order valence-corrected chi connectivity index (χ1v) is 12.3. The van der Waals surface area contributed by atoms with Crippen LogP contribution < -0.4 is 4.74 Å². The Balaban J connectivity index is 1.06. The van der Waals surface area contributed by atoms with Gasteiger partial charge in [0.25, 0.3) is 0 Å². The number of benzene rings is 2. The van der Waals surface area contributed by atoms with Gasteiger partial charge in [0.15, 0.2) is 11.3 Å². The highest BCUT2D eigenvalue weighted by molar-refractivity contribution is 6.33. The number of halogens is 1. The molecular weight excluding hydrogens is 478 g/mol. The summed E-state index contributed by atoms with van der Waals surface area (Å²) in [6, 6.07) is 19.5. The minimum absolute atomic E-state index is 0.423. The number of hydrogen-bond acceptors (Lipinski definition) is 8. The van der Waals surface area contributed by atoms with Crippen LogP contribution in [0, 0.1) is 5.92 Å². The molecule has 8 nitrogen and oxygen atoms in total. The molecule has 0 unspecified atom stereocenters. The third kappa shape index (κ3) is 4.69. The Kier molecular flexibility index (Phi) is 6.36. The van der Waals surface area contributed by atoms with Gasteiger partial charge in [-0.2, -0.15) is 5.10 Å². The summed E-state index contributed by atoms with van der Waals surface area (Å²) >= 11 is 6.29. The zero-order chi connectivity index (χ0) is 24.3. The van der Waals surface area contributed by atoms with E-state index >= 15 is 0 Å². The van der Waals surface area contributed by atoms with Crippen molar-refractivity contribution in [2.45, 2.75) is 19.4 Å². The van der Waals surface area contributed by atoms with Gasteiger partial charge in [-0.1, -0.05) is 70.4 Å². The maximum absolute atomic E-state index is 6.29. The van der Waals surface area contributed by atoms with Gasteiger partial charge < -0.3 is 13.8 Å². The summed E-state index contributed by atoms with van der Waals surface area (Å²) in [7, 11) is 0. The van der Waals surface area contributed by atoms with Gasteiger partial charge in [0.2, 0.25) is 5.88 Å². The lowest BCUT2D eigenvalue weighted by Crippen LogP contribution is -2.35. The van der Waals surface area contributed by atoms with Crippen molar-refractivity contribution in [1.82, 2.24) is 25.4 Å². The average Bonchev–Trinajstić information content (AvgIpc) is 3.57. The second kappa shape index (κ2) is 10.1. The smallest absolute Gasteiger partial charge is 0.247 e. The van der Waals surface area contributed by atoms with Crippen LogP contribution in [-0.4, -0.2) is 45.1 Å². The molecule has 182 valence electrons. The van der Waals surface area contributed by atoms with Gasteiger partial charge in [-0.15, -0.1) is 5.10 Å². The van der Waals surface area contributed by atoms with Crippen molar-refractivity contribution in [3.8, 4) is 28.4 Å². The molecule has 0 spiro atoms. The van der Waals surface area contributed by atoms with E-state index < -0.39 is 0 Å². The van der Waals surface area contributed by atoms with Gasteiger partial charge in [0, 0.05) is 17.2 Å². The number of likely N-dealkylation sites (tertiary alicyclic amines) is 1. The Morgan fingerprint density at radius 1 is 0.972 bits per heavy atom. The summed E-state index contributed by atoms with van der Waals surface area (Å²) in [6.45, 7) is 3.19. The number of fused-ring (bicyclic) bond motifs is 1. The Bertz CT molecular complexity index is 1460. The zero-order valence-electron chi connectivity index (χ0n) is 19.5. The molecule has 2 aromatic carbocycles. The lowest BCUT2D eigenvalue weighted by Gasteiger charge is -2.30. The molecule has 1 aliphatic heterocycles. The lowest BCUT2D eigenvalue weighted by atomic mass is 9.97. The number of piperidine rings is 1. The molecule has 1 fully saturated rings. The maximum Gasteiger partial charge on any atom is 0.247 e. The summed E-state index contributed by atoms with van der Waals surface area (Å²) in [5.41, 5.74) is 3.88. The van der Waals surface area contributed by atoms with Gasteiger partial charge in [-0.05, 0) is 37.9 Å². The van der Waals surface area contributed by atoms with Crippen molar-refractivity contribution >= 4 is 22.6 Å². The molecule has 0 N–H and O–H groups in total. The predicted octanol–water partition coefficient (Wildman–Crippen LogP) is 5.88. The first kappa shape index (κ1) is 22.7. The molecule has 0 aliphatic carbocycles. The third-order valence-corrected chi connectivity index (χ3v) is 6.88. The second-order valence-corrected chi connectivity index (χ2v) is 9.38. The van der Waals surface area contributed by atoms with Gasteiger partial charge in [0.1, 0.15) is 16.8 Å². The van der Waals surface area contributed by atoms with Gasteiger partial charge in [-0.3, -0.25) is 4.90 Å². The van der Waals surface area contributed by atoms with E-state index in [-0.39, 0.29) is 0 Å². The molecule has 3 aromatic heterocycles. The molecule has 1 saturated heterocycles. The fourth-order valence-corrected chi connectivity index (χ4v) is 4.82.